The summed E-state index contributed by atoms with van der Waals surface area (Å²) in [4.78, 5) is 0. The zero-order valence-electron chi connectivity index (χ0n) is 11.5. The number of hydrogen-bond acceptors (Lipinski definition) is 3. The minimum absolute atomic E-state index is 0.659. The van der Waals surface area contributed by atoms with Crippen molar-refractivity contribution in [3.05, 3.63) is 42.0 Å². The lowest BCUT2D eigenvalue weighted by molar-refractivity contribution is 0.574. The number of nitrogens with one attached hydrogen (secondary N) is 2. The van der Waals surface area contributed by atoms with E-state index in [0.717, 1.165) is 41.5 Å². The predicted octanol–water partition coefficient (Wildman–Crippen LogP) is 3.27. The summed E-state index contributed by atoms with van der Waals surface area (Å²) in [5.74, 6) is 0. The molecule has 1 heterocycles. The molecule has 0 aromatic heterocycles. The number of rotatable bonds is 4. The molecule has 1 unspecified atom stereocenters. The van der Waals surface area contributed by atoms with Gasteiger partial charge in [-0.15, -0.1) is 0 Å². The van der Waals surface area contributed by atoms with E-state index < -0.39 is 0 Å². The fourth-order valence-corrected chi connectivity index (χ4v) is 2.93. The smallest absolute Gasteiger partial charge is 0.0998 e. The quantitative estimate of drug-likeness (QED) is 0.892. The Balaban J connectivity index is 1.76. The highest BCUT2D eigenvalue weighted by Crippen LogP contribution is 2.26. The Hall–Kier alpha value is -2.05. The molecular weight excluding hydrogens is 246 g/mol. The molecule has 1 atom stereocenters. The molecule has 3 rings (SSSR count). The molecule has 0 amide bonds. The second kappa shape index (κ2) is 5.94. The van der Waals surface area contributed by atoms with Crippen LogP contribution in [0.15, 0.2) is 36.4 Å². The molecule has 0 aliphatic carbocycles. The van der Waals surface area contributed by atoms with Gasteiger partial charge < -0.3 is 10.6 Å². The molecule has 0 bridgehead atoms. The monoisotopic (exact) mass is 265 g/mol. The minimum atomic E-state index is 0.659. The van der Waals surface area contributed by atoms with Crippen LogP contribution in [0.2, 0.25) is 0 Å². The lowest BCUT2D eigenvalue weighted by Gasteiger charge is -2.13. The Bertz CT molecular complexity index is 636. The van der Waals surface area contributed by atoms with Crippen LogP contribution in [0.3, 0.4) is 0 Å². The van der Waals surface area contributed by atoms with Gasteiger partial charge in [-0.25, -0.2) is 0 Å². The van der Waals surface area contributed by atoms with Gasteiger partial charge in [0.2, 0.25) is 0 Å². The summed E-state index contributed by atoms with van der Waals surface area (Å²) >= 11 is 0. The second-order valence-corrected chi connectivity index (χ2v) is 5.33. The molecule has 0 radical (unpaired) electrons. The first-order chi connectivity index (χ1) is 9.88. The summed E-state index contributed by atoms with van der Waals surface area (Å²) in [6, 6.07) is 14.9. The van der Waals surface area contributed by atoms with E-state index in [2.05, 4.69) is 22.8 Å². The molecule has 2 aromatic carbocycles. The molecule has 20 heavy (non-hydrogen) atoms. The topological polar surface area (TPSA) is 47.9 Å². The molecular formula is C17H19N3. The molecule has 2 N–H and O–H groups in total. The first kappa shape index (κ1) is 13.0. The van der Waals surface area contributed by atoms with Gasteiger partial charge >= 0.3 is 0 Å². The van der Waals surface area contributed by atoms with Crippen LogP contribution < -0.4 is 10.6 Å². The van der Waals surface area contributed by atoms with Crippen LogP contribution in [0, 0.1) is 11.3 Å². The van der Waals surface area contributed by atoms with Gasteiger partial charge in [0, 0.05) is 29.0 Å². The van der Waals surface area contributed by atoms with Crippen LogP contribution in [0.1, 0.15) is 24.8 Å². The maximum atomic E-state index is 9.17. The minimum Gasteiger partial charge on any atom is -0.384 e. The van der Waals surface area contributed by atoms with E-state index in [1.165, 1.54) is 12.8 Å². The highest BCUT2D eigenvalue weighted by Gasteiger charge is 2.13. The first-order valence-corrected chi connectivity index (χ1v) is 7.27. The average molecular weight is 265 g/mol. The van der Waals surface area contributed by atoms with Crippen molar-refractivity contribution in [3.8, 4) is 6.07 Å². The first-order valence-electron chi connectivity index (χ1n) is 7.27. The van der Waals surface area contributed by atoms with Gasteiger partial charge in [-0.05, 0) is 37.9 Å². The summed E-state index contributed by atoms with van der Waals surface area (Å²) in [5.41, 5.74) is 1.86. The zero-order valence-corrected chi connectivity index (χ0v) is 11.5. The Labute approximate surface area is 119 Å². The van der Waals surface area contributed by atoms with Gasteiger partial charge in [-0.1, -0.05) is 24.3 Å². The summed E-state index contributed by atoms with van der Waals surface area (Å²) in [6.45, 7) is 2.12. The van der Waals surface area contributed by atoms with E-state index in [-0.39, 0.29) is 0 Å². The summed E-state index contributed by atoms with van der Waals surface area (Å²) in [5, 5.41) is 18.4. The number of anilines is 1. The summed E-state index contributed by atoms with van der Waals surface area (Å²) < 4.78 is 0. The van der Waals surface area contributed by atoms with Crippen molar-refractivity contribution in [2.24, 2.45) is 0 Å². The molecule has 3 heteroatoms. The SMILES string of the molecule is N#Cc1ccc(NCCC2CCCN2)c2ccccc12. The Morgan fingerprint density at radius 2 is 2.05 bits per heavy atom. The number of nitriles is 1. The van der Waals surface area contributed by atoms with E-state index in [1.54, 1.807) is 0 Å². The van der Waals surface area contributed by atoms with Crippen molar-refractivity contribution < 1.29 is 0 Å². The van der Waals surface area contributed by atoms with Gasteiger partial charge in [0.25, 0.3) is 0 Å². The Kier molecular flexibility index (Phi) is 3.85. The number of nitrogens with zero attached hydrogens (tertiary/aromatic N) is 1. The number of fused-ring (bicyclic) bond motifs is 1. The summed E-state index contributed by atoms with van der Waals surface area (Å²) in [6.07, 6.45) is 3.73. The highest BCUT2D eigenvalue weighted by molar-refractivity contribution is 5.97. The lowest BCUT2D eigenvalue weighted by atomic mass is 10.0. The second-order valence-electron chi connectivity index (χ2n) is 5.33. The molecule has 1 saturated heterocycles. The largest absolute Gasteiger partial charge is 0.384 e. The number of benzene rings is 2. The molecule has 102 valence electrons. The highest BCUT2D eigenvalue weighted by atomic mass is 14.9. The fourth-order valence-electron chi connectivity index (χ4n) is 2.93. The third kappa shape index (κ3) is 2.61. The fraction of sp³-hybridized carbons (Fsp3) is 0.353. The van der Waals surface area contributed by atoms with Crippen molar-refractivity contribution >= 4 is 16.5 Å². The van der Waals surface area contributed by atoms with Crippen molar-refractivity contribution in [2.45, 2.75) is 25.3 Å². The molecule has 1 aliphatic heterocycles. The van der Waals surface area contributed by atoms with Crippen LogP contribution in [-0.2, 0) is 0 Å². The number of hydrogen-bond donors (Lipinski definition) is 2. The van der Waals surface area contributed by atoms with Crippen molar-refractivity contribution in [1.29, 1.82) is 5.26 Å². The lowest BCUT2D eigenvalue weighted by Crippen LogP contribution is -2.24. The van der Waals surface area contributed by atoms with E-state index in [9.17, 15) is 0 Å². The van der Waals surface area contributed by atoms with Gasteiger partial charge in [-0.3, -0.25) is 0 Å². The average Bonchev–Trinajstić information content (AvgIpc) is 3.01. The van der Waals surface area contributed by atoms with Crippen LogP contribution in [0.5, 0.6) is 0 Å². The summed E-state index contributed by atoms with van der Waals surface area (Å²) in [7, 11) is 0. The van der Waals surface area contributed by atoms with Crippen molar-refractivity contribution in [3.63, 3.8) is 0 Å². The standard InChI is InChI=1S/C17H19N3/c18-12-13-7-8-17(16-6-2-1-5-15(13)16)20-11-9-14-4-3-10-19-14/h1-2,5-8,14,19-20H,3-4,9-11H2. The molecule has 1 aliphatic rings. The van der Waals surface area contributed by atoms with Gasteiger partial charge in [0.1, 0.15) is 0 Å². The molecule has 1 fully saturated rings. The normalized spacial score (nSPS) is 18.1. The molecule has 0 spiro atoms. The van der Waals surface area contributed by atoms with Crippen LogP contribution >= 0.6 is 0 Å². The van der Waals surface area contributed by atoms with Gasteiger partial charge in [-0.2, -0.15) is 5.26 Å². The van der Waals surface area contributed by atoms with E-state index in [0.29, 0.717) is 6.04 Å². The Morgan fingerprint density at radius 3 is 2.80 bits per heavy atom. The van der Waals surface area contributed by atoms with E-state index in [1.807, 2.05) is 30.3 Å². The maximum Gasteiger partial charge on any atom is 0.0998 e. The van der Waals surface area contributed by atoms with Gasteiger partial charge in [0.05, 0.1) is 11.6 Å². The third-order valence-corrected chi connectivity index (χ3v) is 4.02. The third-order valence-electron chi connectivity index (χ3n) is 4.02. The van der Waals surface area contributed by atoms with Crippen LogP contribution in [-0.4, -0.2) is 19.1 Å². The Morgan fingerprint density at radius 1 is 1.20 bits per heavy atom. The maximum absolute atomic E-state index is 9.17. The molecule has 2 aromatic rings. The van der Waals surface area contributed by atoms with E-state index >= 15 is 0 Å². The molecule has 0 saturated carbocycles. The zero-order chi connectivity index (χ0) is 13.8. The van der Waals surface area contributed by atoms with Crippen molar-refractivity contribution in [1.82, 2.24) is 5.32 Å². The van der Waals surface area contributed by atoms with E-state index in [4.69, 9.17) is 5.26 Å². The van der Waals surface area contributed by atoms with Crippen LogP contribution in [0.4, 0.5) is 5.69 Å². The van der Waals surface area contributed by atoms with Crippen LogP contribution in [0.25, 0.3) is 10.8 Å². The predicted molar refractivity (Wildman–Crippen MR) is 82.8 cm³/mol. The van der Waals surface area contributed by atoms with Crippen molar-refractivity contribution in [2.75, 3.05) is 18.4 Å². The molecule has 3 nitrogen and oxygen atoms in total. The van der Waals surface area contributed by atoms with Gasteiger partial charge in [0.15, 0.2) is 0 Å².